The first kappa shape index (κ1) is 14.1. The maximum atomic E-state index is 5.96. The lowest BCUT2D eigenvalue weighted by atomic mass is 9.90. The van der Waals surface area contributed by atoms with E-state index in [0.29, 0.717) is 6.04 Å². The summed E-state index contributed by atoms with van der Waals surface area (Å²) in [7, 11) is 0. The van der Waals surface area contributed by atoms with Crippen LogP contribution in [0.4, 0.5) is 0 Å². The summed E-state index contributed by atoms with van der Waals surface area (Å²) in [4.78, 5) is 2.53. The summed E-state index contributed by atoms with van der Waals surface area (Å²) in [6, 6.07) is 9.77. The van der Waals surface area contributed by atoms with E-state index in [9.17, 15) is 0 Å². The van der Waals surface area contributed by atoms with Gasteiger partial charge in [-0.25, -0.2) is 0 Å². The second-order valence-corrected chi connectivity index (χ2v) is 6.38. The van der Waals surface area contributed by atoms with Crippen molar-refractivity contribution < 1.29 is 0 Å². The van der Waals surface area contributed by atoms with Crippen LogP contribution >= 0.6 is 0 Å². The molecule has 2 heterocycles. The van der Waals surface area contributed by atoms with E-state index < -0.39 is 0 Å². The van der Waals surface area contributed by atoms with Crippen LogP contribution in [-0.4, -0.2) is 37.1 Å². The molecule has 3 heteroatoms. The number of hydrogen-bond donors (Lipinski definition) is 2. The van der Waals surface area contributed by atoms with Crippen LogP contribution in [0.25, 0.3) is 0 Å². The van der Waals surface area contributed by atoms with Crippen molar-refractivity contribution in [1.82, 2.24) is 10.2 Å². The van der Waals surface area contributed by atoms with Crippen LogP contribution in [0, 0.1) is 0 Å². The van der Waals surface area contributed by atoms with Gasteiger partial charge in [-0.05, 0) is 68.9 Å². The van der Waals surface area contributed by atoms with Gasteiger partial charge in [-0.15, -0.1) is 0 Å². The molecular formula is C17H27N3. The van der Waals surface area contributed by atoms with Crippen molar-refractivity contribution in [1.29, 1.82) is 0 Å². The molecule has 20 heavy (non-hydrogen) atoms. The Morgan fingerprint density at radius 2 is 1.65 bits per heavy atom. The molecule has 110 valence electrons. The zero-order valence-corrected chi connectivity index (χ0v) is 12.4. The molecule has 0 spiro atoms. The van der Waals surface area contributed by atoms with Crippen LogP contribution in [-0.2, 0) is 6.54 Å². The van der Waals surface area contributed by atoms with Gasteiger partial charge in [0.1, 0.15) is 0 Å². The van der Waals surface area contributed by atoms with Crippen molar-refractivity contribution in [3.63, 3.8) is 0 Å². The lowest BCUT2D eigenvalue weighted by Gasteiger charge is -2.30. The summed E-state index contributed by atoms with van der Waals surface area (Å²) in [5.74, 6) is 0.762. The van der Waals surface area contributed by atoms with Gasteiger partial charge in [0.2, 0.25) is 0 Å². The maximum Gasteiger partial charge on any atom is 0.0233 e. The highest BCUT2D eigenvalue weighted by Crippen LogP contribution is 2.25. The van der Waals surface area contributed by atoms with Gasteiger partial charge in [0, 0.05) is 12.6 Å². The molecule has 3 rings (SSSR count). The van der Waals surface area contributed by atoms with Gasteiger partial charge in [-0.2, -0.15) is 0 Å². The number of likely N-dealkylation sites (tertiary alicyclic amines) is 1. The molecule has 0 aromatic heterocycles. The van der Waals surface area contributed by atoms with E-state index >= 15 is 0 Å². The van der Waals surface area contributed by atoms with Crippen molar-refractivity contribution in [3.8, 4) is 0 Å². The smallest absolute Gasteiger partial charge is 0.0233 e. The molecule has 2 aliphatic rings. The molecule has 0 unspecified atom stereocenters. The van der Waals surface area contributed by atoms with E-state index in [4.69, 9.17) is 5.73 Å². The maximum absolute atomic E-state index is 5.96. The SMILES string of the molecule is NC1CCN(Cc2ccc(C3CCNCC3)cc2)CC1. The molecule has 1 aromatic rings. The van der Waals surface area contributed by atoms with Crippen LogP contribution in [0.3, 0.4) is 0 Å². The minimum Gasteiger partial charge on any atom is -0.328 e. The Kier molecular flexibility index (Phi) is 4.71. The summed E-state index contributed by atoms with van der Waals surface area (Å²) < 4.78 is 0. The average Bonchev–Trinajstić information content (AvgIpc) is 2.51. The third kappa shape index (κ3) is 3.60. The van der Waals surface area contributed by atoms with E-state index in [0.717, 1.165) is 38.4 Å². The molecule has 2 saturated heterocycles. The first-order chi connectivity index (χ1) is 9.81. The molecule has 3 nitrogen and oxygen atoms in total. The summed E-state index contributed by atoms with van der Waals surface area (Å²) in [6.45, 7) is 5.72. The average molecular weight is 273 g/mol. The first-order valence-electron chi connectivity index (χ1n) is 8.09. The van der Waals surface area contributed by atoms with Gasteiger partial charge in [0.25, 0.3) is 0 Å². The lowest BCUT2D eigenvalue weighted by Crippen LogP contribution is -2.39. The van der Waals surface area contributed by atoms with Gasteiger partial charge < -0.3 is 11.1 Å². The molecule has 0 bridgehead atoms. The van der Waals surface area contributed by atoms with E-state index in [-0.39, 0.29) is 0 Å². The summed E-state index contributed by atoms with van der Waals surface area (Å²) in [6.07, 6.45) is 4.85. The van der Waals surface area contributed by atoms with Gasteiger partial charge >= 0.3 is 0 Å². The number of piperidine rings is 2. The fourth-order valence-electron chi connectivity index (χ4n) is 3.42. The summed E-state index contributed by atoms with van der Waals surface area (Å²) >= 11 is 0. The van der Waals surface area contributed by atoms with Crippen LogP contribution in [0.1, 0.15) is 42.7 Å². The zero-order chi connectivity index (χ0) is 13.8. The summed E-state index contributed by atoms with van der Waals surface area (Å²) in [5.41, 5.74) is 8.93. The Morgan fingerprint density at radius 1 is 1.00 bits per heavy atom. The fourth-order valence-corrected chi connectivity index (χ4v) is 3.42. The molecule has 1 aromatic carbocycles. The van der Waals surface area contributed by atoms with Crippen molar-refractivity contribution >= 4 is 0 Å². The second kappa shape index (κ2) is 6.70. The molecule has 2 fully saturated rings. The quantitative estimate of drug-likeness (QED) is 0.886. The Hall–Kier alpha value is -0.900. The Bertz CT molecular complexity index is 401. The Balaban J connectivity index is 1.55. The number of nitrogens with one attached hydrogen (secondary N) is 1. The normalized spacial score (nSPS) is 23.1. The predicted molar refractivity (Wildman–Crippen MR) is 83.8 cm³/mol. The van der Waals surface area contributed by atoms with Crippen molar-refractivity contribution in [2.75, 3.05) is 26.2 Å². The standard InChI is InChI=1S/C17H27N3/c18-17-7-11-20(12-8-17)13-14-1-3-15(4-2-14)16-5-9-19-10-6-16/h1-4,16-17,19H,5-13,18H2. The van der Waals surface area contributed by atoms with Gasteiger partial charge in [-0.3, -0.25) is 4.90 Å². The first-order valence-corrected chi connectivity index (χ1v) is 8.09. The molecule has 0 radical (unpaired) electrons. The zero-order valence-electron chi connectivity index (χ0n) is 12.4. The number of hydrogen-bond acceptors (Lipinski definition) is 3. The number of benzene rings is 1. The highest BCUT2D eigenvalue weighted by Gasteiger charge is 2.17. The minimum atomic E-state index is 0.425. The van der Waals surface area contributed by atoms with Gasteiger partial charge in [0.15, 0.2) is 0 Å². The highest BCUT2D eigenvalue weighted by atomic mass is 15.1. The molecule has 3 N–H and O–H groups in total. The van der Waals surface area contributed by atoms with E-state index in [2.05, 4.69) is 34.5 Å². The molecule has 0 atom stereocenters. The van der Waals surface area contributed by atoms with E-state index in [1.54, 1.807) is 0 Å². The minimum absolute atomic E-state index is 0.425. The van der Waals surface area contributed by atoms with E-state index in [1.807, 2.05) is 0 Å². The van der Waals surface area contributed by atoms with Crippen molar-refractivity contribution in [2.24, 2.45) is 5.73 Å². The van der Waals surface area contributed by atoms with Crippen LogP contribution < -0.4 is 11.1 Å². The molecule has 2 aliphatic heterocycles. The molecular weight excluding hydrogens is 246 g/mol. The largest absolute Gasteiger partial charge is 0.328 e. The van der Waals surface area contributed by atoms with Crippen molar-refractivity contribution in [3.05, 3.63) is 35.4 Å². The third-order valence-electron chi connectivity index (χ3n) is 4.83. The topological polar surface area (TPSA) is 41.3 Å². The van der Waals surface area contributed by atoms with Crippen LogP contribution in [0.5, 0.6) is 0 Å². The predicted octanol–water partition coefficient (Wildman–Crippen LogP) is 2.08. The molecule has 0 amide bonds. The van der Waals surface area contributed by atoms with Crippen LogP contribution in [0.15, 0.2) is 24.3 Å². The molecule has 0 saturated carbocycles. The number of rotatable bonds is 3. The lowest BCUT2D eigenvalue weighted by molar-refractivity contribution is 0.205. The van der Waals surface area contributed by atoms with Crippen molar-refractivity contribution in [2.45, 2.75) is 44.2 Å². The highest BCUT2D eigenvalue weighted by molar-refractivity contribution is 5.26. The Morgan fingerprint density at radius 3 is 2.30 bits per heavy atom. The van der Waals surface area contributed by atoms with Gasteiger partial charge in [0.05, 0.1) is 0 Å². The number of nitrogens with zero attached hydrogens (tertiary/aromatic N) is 1. The number of nitrogens with two attached hydrogens (primary N) is 1. The van der Waals surface area contributed by atoms with E-state index in [1.165, 1.54) is 37.1 Å². The molecule has 0 aliphatic carbocycles. The van der Waals surface area contributed by atoms with Crippen LogP contribution in [0.2, 0.25) is 0 Å². The second-order valence-electron chi connectivity index (χ2n) is 6.38. The Labute approximate surface area is 122 Å². The van der Waals surface area contributed by atoms with Gasteiger partial charge in [-0.1, -0.05) is 24.3 Å². The monoisotopic (exact) mass is 273 g/mol. The fraction of sp³-hybridized carbons (Fsp3) is 0.647. The third-order valence-corrected chi connectivity index (χ3v) is 4.83. The summed E-state index contributed by atoms with van der Waals surface area (Å²) in [5, 5.41) is 3.44.